The maximum Gasteiger partial charge on any atom is 0.143 e. The first-order valence-electron chi connectivity index (χ1n) is 15.2. The Morgan fingerprint density at radius 1 is 0.333 bits per heavy atom. The molecule has 0 atom stereocenters. The van der Waals surface area contributed by atoms with Gasteiger partial charge < -0.3 is 4.42 Å². The van der Waals surface area contributed by atoms with Crippen LogP contribution in [0.25, 0.3) is 95.7 Å². The Bertz CT molecular complexity index is 2760. The van der Waals surface area contributed by atoms with Gasteiger partial charge in [-0.2, -0.15) is 0 Å². The fourth-order valence-corrected chi connectivity index (χ4v) is 9.62. The van der Waals surface area contributed by atoms with E-state index < -0.39 is 0 Å². The quantitative estimate of drug-likeness (QED) is 0.194. The van der Waals surface area contributed by atoms with E-state index in [1.165, 1.54) is 62.6 Å². The average molecular weight is 609 g/mol. The van der Waals surface area contributed by atoms with E-state index in [1.807, 2.05) is 22.7 Å². The van der Waals surface area contributed by atoms with E-state index in [0.29, 0.717) is 0 Å². The van der Waals surface area contributed by atoms with Crippen molar-refractivity contribution in [3.63, 3.8) is 0 Å². The number of hydrogen-bond acceptors (Lipinski definition) is 3. The van der Waals surface area contributed by atoms with Gasteiger partial charge in [0.05, 0.1) is 0 Å². The Morgan fingerprint density at radius 3 is 1.64 bits per heavy atom. The number of para-hydroxylation sites is 2. The van der Waals surface area contributed by atoms with E-state index in [0.717, 1.165) is 33.1 Å². The molecule has 0 saturated heterocycles. The van der Waals surface area contributed by atoms with E-state index in [4.69, 9.17) is 4.42 Å². The largest absolute Gasteiger partial charge is 0.455 e. The minimum atomic E-state index is 0.939. The van der Waals surface area contributed by atoms with Gasteiger partial charge in [0.1, 0.15) is 11.2 Å². The molecule has 0 fully saturated rings. The average Bonchev–Trinajstić information content (AvgIpc) is 3.80. The van der Waals surface area contributed by atoms with Crippen molar-refractivity contribution in [2.24, 2.45) is 0 Å². The van der Waals surface area contributed by atoms with Crippen molar-refractivity contribution in [3.05, 3.63) is 146 Å². The summed E-state index contributed by atoms with van der Waals surface area (Å²) in [5, 5.41) is 7.49. The molecular formula is C42H24OS2. The van der Waals surface area contributed by atoms with Gasteiger partial charge in [-0.1, -0.05) is 133 Å². The highest BCUT2D eigenvalue weighted by Gasteiger charge is 2.20. The number of fused-ring (bicyclic) bond motifs is 9. The lowest BCUT2D eigenvalue weighted by Crippen LogP contribution is -1.81. The Labute approximate surface area is 267 Å². The number of rotatable bonds is 3. The second-order valence-electron chi connectivity index (χ2n) is 11.6. The van der Waals surface area contributed by atoms with Crippen LogP contribution < -0.4 is 0 Å². The number of furan rings is 1. The van der Waals surface area contributed by atoms with Crippen molar-refractivity contribution in [2.75, 3.05) is 0 Å². The van der Waals surface area contributed by atoms with Crippen molar-refractivity contribution in [3.8, 4) is 33.4 Å². The molecule has 0 N–H and O–H groups in total. The maximum absolute atomic E-state index is 6.99. The molecule has 0 amide bonds. The third-order valence-corrected chi connectivity index (χ3v) is 11.5. The van der Waals surface area contributed by atoms with Crippen LogP contribution in [0.15, 0.2) is 150 Å². The van der Waals surface area contributed by atoms with E-state index in [9.17, 15) is 0 Å². The molecule has 0 spiro atoms. The zero-order valence-electron chi connectivity index (χ0n) is 24.1. The van der Waals surface area contributed by atoms with Crippen LogP contribution in [0.3, 0.4) is 0 Å². The standard InChI is InChI=1S/C42H24OS2/c1-2-11-25(12-3-1)26-14-6-22-35-38-28(15-10-24-37(38)45-41(26)35)29-16-7-17-30-31-18-8-19-32(40(31)43-39(29)30)34-21-9-20-33-27-13-4-5-23-36(27)44-42(33)34/h1-24H. The van der Waals surface area contributed by atoms with Crippen molar-refractivity contribution in [1.82, 2.24) is 0 Å². The summed E-state index contributed by atoms with van der Waals surface area (Å²) in [6.45, 7) is 0. The van der Waals surface area contributed by atoms with Crippen LogP contribution in [0.5, 0.6) is 0 Å². The highest BCUT2D eigenvalue weighted by molar-refractivity contribution is 7.26. The molecule has 45 heavy (non-hydrogen) atoms. The van der Waals surface area contributed by atoms with E-state index >= 15 is 0 Å². The van der Waals surface area contributed by atoms with Crippen LogP contribution in [0, 0.1) is 0 Å². The lowest BCUT2D eigenvalue weighted by molar-refractivity contribution is 0.671. The van der Waals surface area contributed by atoms with Crippen LogP contribution >= 0.6 is 22.7 Å². The van der Waals surface area contributed by atoms with Gasteiger partial charge in [-0.25, -0.2) is 0 Å². The van der Waals surface area contributed by atoms with Gasteiger partial charge in [0.2, 0.25) is 0 Å². The molecule has 0 radical (unpaired) electrons. The van der Waals surface area contributed by atoms with Gasteiger partial charge in [0, 0.05) is 67.8 Å². The molecule has 0 aliphatic carbocycles. The predicted molar refractivity (Wildman–Crippen MR) is 196 cm³/mol. The molecule has 10 rings (SSSR count). The Kier molecular flexibility index (Phi) is 5.39. The molecule has 0 unspecified atom stereocenters. The van der Waals surface area contributed by atoms with Crippen LogP contribution in [-0.4, -0.2) is 0 Å². The first-order valence-corrected chi connectivity index (χ1v) is 16.8. The number of benzene rings is 7. The molecular weight excluding hydrogens is 585 g/mol. The lowest BCUT2D eigenvalue weighted by Gasteiger charge is -2.07. The topological polar surface area (TPSA) is 13.1 Å². The van der Waals surface area contributed by atoms with E-state index in [1.54, 1.807) is 0 Å². The normalized spacial score (nSPS) is 12.0. The second kappa shape index (κ2) is 9.64. The first kappa shape index (κ1) is 25.1. The smallest absolute Gasteiger partial charge is 0.143 e. The molecule has 7 aromatic carbocycles. The fraction of sp³-hybridized carbons (Fsp3) is 0. The Morgan fingerprint density at radius 2 is 0.844 bits per heavy atom. The van der Waals surface area contributed by atoms with Gasteiger partial charge >= 0.3 is 0 Å². The van der Waals surface area contributed by atoms with Crippen LogP contribution in [0.2, 0.25) is 0 Å². The molecule has 1 nitrogen and oxygen atoms in total. The van der Waals surface area contributed by atoms with Gasteiger partial charge in [-0.15, -0.1) is 22.7 Å². The van der Waals surface area contributed by atoms with Gasteiger partial charge in [-0.05, 0) is 28.8 Å². The molecule has 0 aliphatic rings. The number of thiophene rings is 2. The first-order chi connectivity index (χ1) is 22.3. The Balaban J connectivity index is 1.23. The molecule has 210 valence electrons. The SMILES string of the molecule is c1ccc(-c2cccc3c2sc2cccc(-c4cccc5c4oc4c(-c6cccc7c6sc6ccccc67)cccc45)c23)cc1. The molecule has 0 saturated carbocycles. The van der Waals surface area contributed by atoms with Gasteiger partial charge in [0.15, 0.2) is 0 Å². The van der Waals surface area contributed by atoms with Gasteiger partial charge in [0.25, 0.3) is 0 Å². The lowest BCUT2D eigenvalue weighted by atomic mass is 9.96. The summed E-state index contributed by atoms with van der Waals surface area (Å²) in [7, 11) is 0. The summed E-state index contributed by atoms with van der Waals surface area (Å²) < 4.78 is 12.2. The van der Waals surface area contributed by atoms with Crippen molar-refractivity contribution in [1.29, 1.82) is 0 Å². The predicted octanol–water partition coefficient (Wildman–Crippen LogP) is 13.3. The van der Waals surface area contributed by atoms with Gasteiger partial charge in [-0.3, -0.25) is 0 Å². The third kappa shape index (κ3) is 3.66. The zero-order valence-corrected chi connectivity index (χ0v) is 25.7. The summed E-state index contributed by atoms with van der Waals surface area (Å²) in [5.41, 5.74) is 9.11. The molecule has 0 aliphatic heterocycles. The molecule has 3 aromatic heterocycles. The zero-order chi connectivity index (χ0) is 29.5. The molecule has 3 heteroatoms. The fourth-order valence-electron chi connectivity index (χ4n) is 7.12. The summed E-state index contributed by atoms with van der Waals surface area (Å²) in [6.07, 6.45) is 0. The van der Waals surface area contributed by atoms with E-state index in [-0.39, 0.29) is 0 Å². The number of hydrogen-bond donors (Lipinski definition) is 0. The monoisotopic (exact) mass is 608 g/mol. The summed E-state index contributed by atoms with van der Waals surface area (Å²) >= 11 is 3.74. The second-order valence-corrected chi connectivity index (χ2v) is 13.7. The van der Waals surface area contributed by atoms with Crippen LogP contribution in [0.4, 0.5) is 0 Å². The van der Waals surface area contributed by atoms with Crippen molar-refractivity contribution < 1.29 is 4.42 Å². The van der Waals surface area contributed by atoms with E-state index in [2.05, 4.69) is 146 Å². The van der Waals surface area contributed by atoms with Crippen LogP contribution in [-0.2, 0) is 0 Å². The van der Waals surface area contributed by atoms with Crippen molar-refractivity contribution in [2.45, 2.75) is 0 Å². The van der Waals surface area contributed by atoms with Crippen LogP contribution in [0.1, 0.15) is 0 Å². The highest BCUT2D eigenvalue weighted by atomic mass is 32.1. The minimum Gasteiger partial charge on any atom is -0.455 e. The molecule has 3 heterocycles. The third-order valence-electron chi connectivity index (χ3n) is 9.12. The Hall–Kier alpha value is -5.22. The maximum atomic E-state index is 6.99. The minimum absolute atomic E-state index is 0.939. The highest BCUT2D eigenvalue weighted by Crippen LogP contribution is 2.48. The molecule has 10 aromatic rings. The summed E-state index contributed by atoms with van der Waals surface area (Å²) in [4.78, 5) is 0. The van der Waals surface area contributed by atoms with Crippen molar-refractivity contribution >= 4 is 85.0 Å². The summed E-state index contributed by atoms with van der Waals surface area (Å²) in [5.74, 6) is 0. The summed E-state index contributed by atoms with van der Waals surface area (Å²) in [6, 6.07) is 52.6. The molecule has 0 bridgehead atoms.